The molecule has 26 heavy (non-hydrogen) atoms. The molecular weight excluding hydrogens is 333 g/mol. The van der Waals surface area contributed by atoms with Crippen LogP contribution < -0.4 is 5.32 Å². The van der Waals surface area contributed by atoms with Crippen LogP contribution in [0.3, 0.4) is 0 Å². The van der Waals surface area contributed by atoms with Gasteiger partial charge in [-0.25, -0.2) is 4.39 Å². The second-order valence-electron chi connectivity index (χ2n) is 7.42. The summed E-state index contributed by atoms with van der Waals surface area (Å²) in [5.74, 6) is 0.402. The summed E-state index contributed by atoms with van der Waals surface area (Å²) in [5.41, 5.74) is 0.595. The van der Waals surface area contributed by atoms with Crippen LogP contribution in [0.2, 0.25) is 0 Å². The van der Waals surface area contributed by atoms with Crippen LogP contribution >= 0.6 is 0 Å². The van der Waals surface area contributed by atoms with E-state index in [9.17, 15) is 14.0 Å². The van der Waals surface area contributed by atoms with Crippen molar-refractivity contribution in [2.24, 2.45) is 5.92 Å². The van der Waals surface area contributed by atoms with Crippen LogP contribution in [-0.2, 0) is 9.59 Å². The Labute approximate surface area is 154 Å². The highest BCUT2D eigenvalue weighted by Gasteiger charge is 2.25. The fourth-order valence-corrected chi connectivity index (χ4v) is 3.86. The molecule has 5 nitrogen and oxygen atoms in total. The van der Waals surface area contributed by atoms with E-state index in [2.05, 4.69) is 10.2 Å². The minimum atomic E-state index is -0.322. The third-order valence-corrected chi connectivity index (χ3v) is 5.41. The molecule has 0 unspecified atom stereocenters. The molecule has 1 aromatic rings. The fourth-order valence-electron chi connectivity index (χ4n) is 3.86. The van der Waals surface area contributed by atoms with Gasteiger partial charge < -0.3 is 10.2 Å². The summed E-state index contributed by atoms with van der Waals surface area (Å²) < 4.78 is 12.9. The number of anilines is 1. The molecule has 1 N–H and O–H groups in total. The Bertz CT molecular complexity index is 606. The fraction of sp³-hybridized carbons (Fsp3) is 0.600. The maximum Gasteiger partial charge on any atom is 0.238 e. The second-order valence-corrected chi connectivity index (χ2v) is 7.42. The van der Waals surface area contributed by atoms with E-state index in [4.69, 9.17) is 0 Å². The van der Waals surface area contributed by atoms with Gasteiger partial charge in [0, 0.05) is 38.3 Å². The van der Waals surface area contributed by atoms with Crippen molar-refractivity contribution in [2.75, 3.05) is 38.0 Å². The molecule has 1 aliphatic carbocycles. The number of carbonyl (C=O) groups excluding carboxylic acids is 2. The van der Waals surface area contributed by atoms with Crippen molar-refractivity contribution >= 4 is 17.5 Å². The molecule has 2 fully saturated rings. The minimum absolute atomic E-state index is 0.112. The van der Waals surface area contributed by atoms with E-state index in [0.717, 1.165) is 0 Å². The van der Waals surface area contributed by atoms with E-state index in [1.165, 1.54) is 44.2 Å². The molecule has 0 spiro atoms. The van der Waals surface area contributed by atoms with Gasteiger partial charge >= 0.3 is 0 Å². The predicted molar refractivity (Wildman–Crippen MR) is 99.2 cm³/mol. The summed E-state index contributed by atoms with van der Waals surface area (Å²) in [4.78, 5) is 28.6. The van der Waals surface area contributed by atoms with E-state index >= 15 is 0 Å². The molecule has 1 heterocycles. The van der Waals surface area contributed by atoms with Crippen molar-refractivity contribution in [3.05, 3.63) is 30.1 Å². The second kappa shape index (κ2) is 9.12. The van der Waals surface area contributed by atoms with Crippen molar-refractivity contribution in [1.82, 2.24) is 9.80 Å². The third-order valence-electron chi connectivity index (χ3n) is 5.41. The molecule has 1 saturated heterocycles. The first-order valence-corrected chi connectivity index (χ1v) is 9.66. The Morgan fingerprint density at radius 1 is 1.00 bits per heavy atom. The van der Waals surface area contributed by atoms with E-state index in [0.29, 0.717) is 50.7 Å². The number of nitrogens with one attached hydrogen (secondary N) is 1. The molecule has 1 saturated carbocycles. The quantitative estimate of drug-likeness (QED) is 0.877. The van der Waals surface area contributed by atoms with Crippen molar-refractivity contribution in [3.8, 4) is 0 Å². The van der Waals surface area contributed by atoms with Crippen LogP contribution in [0.4, 0.5) is 10.1 Å². The lowest BCUT2D eigenvalue weighted by molar-refractivity contribution is -0.134. The van der Waals surface area contributed by atoms with Gasteiger partial charge in [0.15, 0.2) is 0 Å². The van der Waals surface area contributed by atoms with Gasteiger partial charge in [0.1, 0.15) is 5.82 Å². The number of hydrogen-bond acceptors (Lipinski definition) is 3. The summed E-state index contributed by atoms with van der Waals surface area (Å²) in [6.45, 7) is 3.10. The highest BCUT2D eigenvalue weighted by Crippen LogP contribution is 2.27. The van der Waals surface area contributed by atoms with Gasteiger partial charge in [0.05, 0.1) is 6.54 Å². The monoisotopic (exact) mass is 361 g/mol. The normalized spacial score (nSPS) is 19.3. The van der Waals surface area contributed by atoms with E-state index in [1.54, 1.807) is 12.1 Å². The maximum atomic E-state index is 12.9. The van der Waals surface area contributed by atoms with E-state index < -0.39 is 0 Å². The van der Waals surface area contributed by atoms with Gasteiger partial charge in [-0.3, -0.25) is 14.5 Å². The third kappa shape index (κ3) is 5.53. The molecule has 0 aromatic heterocycles. The van der Waals surface area contributed by atoms with Crippen molar-refractivity contribution in [2.45, 2.75) is 38.5 Å². The number of halogens is 1. The number of carbonyl (C=O) groups is 2. The molecule has 0 atom stereocenters. The van der Waals surface area contributed by atoms with Crippen LogP contribution in [-0.4, -0.2) is 54.3 Å². The van der Waals surface area contributed by atoms with Crippen molar-refractivity contribution < 1.29 is 14.0 Å². The number of benzene rings is 1. The van der Waals surface area contributed by atoms with Crippen LogP contribution in [0.5, 0.6) is 0 Å². The highest BCUT2D eigenvalue weighted by molar-refractivity contribution is 5.92. The molecule has 1 aliphatic heterocycles. The largest absolute Gasteiger partial charge is 0.340 e. The number of piperazine rings is 1. The van der Waals surface area contributed by atoms with Crippen molar-refractivity contribution in [1.29, 1.82) is 0 Å². The zero-order valence-corrected chi connectivity index (χ0v) is 15.3. The molecule has 1 aromatic carbocycles. The Morgan fingerprint density at radius 3 is 2.31 bits per heavy atom. The van der Waals surface area contributed by atoms with E-state index in [1.807, 2.05) is 4.90 Å². The number of rotatable bonds is 5. The van der Waals surface area contributed by atoms with Crippen LogP contribution in [0, 0.1) is 11.7 Å². The number of hydrogen-bond donors (Lipinski definition) is 1. The van der Waals surface area contributed by atoms with Crippen LogP contribution in [0.25, 0.3) is 0 Å². The van der Waals surface area contributed by atoms with Gasteiger partial charge in [0.2, 0.25) is 11.8 Å². The topological polar surface area (TPSA) is 52.7 Å². The summed E-state index contributed by atoms with van der Waals surface area (Å²) in [5, 5.41) is 2.78. The Hall–Kier alpha value is -1.95. The van der Waals surface area contributed by atoms with Crippen molar-refractivity contribution in [3.63, 3.8) is 0 Å². The summed E-state index contributed by atoms with van der Waals surface area (Å²) in [6.07, 6.45) is 6.89. The lowest BCUT2D eigenvalue weighted by Crippen LogP contribution is -2.50. The van der Waals surface area contributed by atoms with Crippen LogP contribution in [0.15, 0.2) is 24.3 Å². The summed E-state index contributed by atoms with van der Waals surface area (Å²) in [7, 11) is 0. The summed E-state index contributed by atoms with van der Waals surface area (Å²) in [6, 6.07) is 5.75. The number of amides is 2. The van der Waals surface area contributed by atoms with Gasteiger partial charge in [-0.2, -0.15) is 0 Å². The first-order valence-electron chi connectivity index (χ1n) is 9.66. The predicted octanol–water partition coefficient (Wildman–Crippen LogP) is 2.88. The van der Waals surface area contributed by atoms with E-state index in [-0.39, 0.29) is 17.6 Å². The molecule has 2 aliphatic rings. The average molecular weight is 361 g/mol. The van der Waals surface area contributed by atoms with Crippen LogP contribution in [0.1, 0.15) is 38.5 Å². The van der Waals surface area contributed by atoms with Gasteiger partial charge in [0.25, 0.3) is 0 Å². The molecule has 0 bridgehead atoms. The SMILES string of the molecule is O=C(CN1CCN(C(=O)CC2CCCCC2)CC1)Nc1ccc(F)cc1. The molecule has 6 heteroatoms. The Kier molecular flexibility index (Phi) is 6.61. The number of nitrogens with zero attached hydrogens (tertiary/aromatic N) is 2. The first-order chi connectivity index (χ1) is 12.6. The maximum absolute atomic E-state index is 12.9. The Balaban J connectivity index is 1.38. The smallest absolute Gasteiger partial charge is 0.238 e. The zero-order valence-electron chi connectivity index (χ0n) is 15.3. The summed E-state index contributed by atoms with van der Waals surface area (Å²) >= 11 is 0. The first kappa shape index (κ1) is 18.8. The van der Waals surface area contributed by atoms with Gasteiger partial charge in [-0.05, 0) is 43.0 Å². The minimum Gasteiger partial charge on any atom is -0.340 e. The average Bonchev–Trinajstić information content (AvgIpc) is 2.65. The lowest BCUT2D eigenvalue weighted by atomic mass is 9.86. The highest BCUT2D eigenvalue weighted by atomic mass is 19.1. The molecule has 3 rings (SSSR count). The molecule has 142 valence electrons. The lowest BCUT2D eigenvalue weighted by Gasteiger charge is -2.35. The molecular formula is C20H28FN3O2. The van der Waals surface area contributed by atoms with Gasteiger partial charge in [-0.1, -0.05) is 19.3 Å². The van der Waals surface area contributed by atoms with Gasteiger partial charge in [-0.15, -0.1) is 0 Å². The molecule has 0 radical (unpaired) electrons. The zero-order chi connectivity index (χ0) is 18.4. The standard InChI is InChI=1S/C20H28FN3O2/c21-17-6-8-18(9-7-17)22-19(25)15-23-10-12-24(13-11-23)20(26)14-16-4-2-1-3-5-16/h6-9,16H,1-5,10-15H2,(H,22,25). The molecule has 2 amide bonds. The Morgan fingerprint density at radius 2 is 1.65 bits per heavy atom.